The van der Waals surface area contributed by atoms with E-state index in [0.29, 0.717) is 6.54 Å². The number of rotatable bonds is 3. The number of hydrogen-bond donors (Lipinski definition) is 1. The molecule has 0 saturated heterocycles. The summed E-state index contributed by atoms with van der Waals surface area (Å²) in [5.41, 5.74) is 3.64. The van der Waals surface area contributed by atoms with Crippen LogP contribution in [-0.4, -0.2) is 4.98 Å². The van der Waals surface area contributed by atoms with Gasteiger partial charge in [0.05, 0.1) is 17.7 Å². The Morgan fingerprint density at radius 3 is 3.00 bits per heavy atom. The zero-order chi connectivity index (χ0) is 10.7. The highest BCUT2D eigenvalue weighted by Crippen LogP contribution is 2.15. The van der Waals surface area contributed by atoms with Crippen molar-refractivity contribution in [1.29, 1.82) is 0 Å². The topological polar surface area (TPSA) is 24.9 Å². The van der Waals surface area contributed by atoms with E-state index in [1.807, 2.05) is 18.5 Å². The van der Waals surface area contributed by atoms with Crippen molar-refractivity contribution in [2.75, 3.05) is 5.32 Å². The van der Waals surface area contributed by atoms with Gasteiger partial charge in [0.15, 0.2) is 0 Å². The Morgan fingerprint density at radius 1 is 1.47 bits per heavy atom. The molecule has 78 valence electrons. The summed E-state index contributed by atoms with van der Waals surface area (Å²) in [7, 11) is 0. The lowest BCUT2D eigenvalue weighted by Crippen LogP contribution is -1.99. The molecule has 1 N–H and O–H groups in total. The molecule has 1 heterocycles. The molecule has 0 bridgehead atoms. The first-order valence-corrected chi connectivity index (χ1v) is 5.52. The first-order chi connectivity index (χ1) is 7.25. The minimum absolute atomic E-state index is 0.221. The lowest BCUT2D eigenvalue weighted by Gasteiger charge is -2.04. The van der Waals surface area contributed by atoms with Gasteiger partial charge < -0.3 is 5.32 Å². The molecule has 0 radical (unpaired) electrons. The monoisotopic (exact) mass is 222 g/mol. The van der Waals surface area contributed by atoms with Crippen LogP contribution in [0.2, 0.25) is 0 Å². The molecule has 0 aliphatic heterocycles. The van der Waals surface area contributed by atoms with Crippen LogP contribution >= 0.6 is 11.3 Å². The first kappa shape index (κ1) is 10.1. The van der Waals surface area contributed by atoms with Crippen LogP contribution in [0.5, 0.6) is 0 Å². The van der Waals surface area contributed by atoms with Gasteiger partial charge in [-0.2, -0.15) is 0 Å². The molecule has 0 saturated carbocycles. The van der Waals surface area contributed by atoms with E-state index in [-0.39, 0.29) is 5.82 Å². The summed E-state index contributed by atoms with van der Waals surface area (Å²) in [6.45, 7) is 2.67. The van der Waals surface area contributed by atoms with Gasteiger partial charge in [0.1, 0.15) is 5.82 Å². The van der Waals surface area contributed by atoms with Crippen molar-refractivity contribution < 1.29 is 4.39 Å². The van der Waals surface area contributed by atoms with Crippen molar-refractivity contribution in [1.82, 2.24) is 4.98 Å². The summed E-state index contributed by atoms with van der Waals surface area (Å²) < 4.78 is 12.9. The van der Waals surface area contributed by atoms with Gasteiger partial charge in [-0.25, -0.2) is 9.37 Å². The highest BCUT2D eigenvalue weighted by atomic mass is 32.1. The van der Waals surface area contributed by atoms with Crippen LogP contribution in [0, 0.1) is 12.7 Å². The molecule has 2 nitrogen and oxygen atoms in total. The first-order valence-electron chi connectivity index (χ1n) is 4.64. The van der Waals surface area contributed by atoms with E-state index >= 15 is 0 Å². The van der Waals surface area contributed by atoms with E-state index in [2.05, 4.69) is 10.3 Å². The molecule has 0 aliphatic carbocycles. The van der Waals surface area contributed by atoms with E-state index < -0.39 is 0 Å². The molecule has 0 fully saturated rings. The lowest BCUT2D eigenvalue weighted by atomic mass is 10.3. The number of anilines is 1. The maximum Gasteiger partial charge on any atom is 0.125 e. The average molecular weight is 222 g/mol. The zero-order valence-electron chi connectivity index (χ0n) is 8.33. The van der Waals surface area contributed by atoms with E-state index in [1.54, 1.807) is 17.4 Å². The van der Waals surface area contributed by atoms with Gasteiger partial charge in [0.25, 0.3) is 0 Å². The SMILES string of the molecule is Cc1ncsc1CNc1cccc(F)c1. The molecule has 0 unspecified atom stereocenters. The Labute approximate surface area is 91.8 Å². The molecule has 0 spiro atoms. The smallest absolute Gasteiger partial charge is 0.125 e. The Balaban J connectivity index is 2.02. The number of halogens is 1. The van der Waals surface area contributed by atoms with Crippen LogP contribution in [0.15, 0.2) is 29.8 Å². The van der Waals surface area contributed by atoms with Gasteiger partial charge in [0.2, 0.25) is 0 Å². The van der Waals surface area contributed by atoms with Gasteiger partial charge in [0, 0.05) is 10.6 Å². The summed E-state index contributed by atoms with van der Waals surface area (Å²) >= 11 is 1.61. The van der Waals surface area contributed by atoms with Crippen LogP contribution in [0.4, 0.5) is 10.1 Å². The standard InChI is InChI=1S/C11H11FN2S/c1-8-11(15-7-14-8)6-13-10-4-2-3-9(12)5-10/h2-5,7,13H,6H2,1H3. The number of aromatic nitrogens is 1. The summed E-state index contributed by atoms with van der Waals surface area (Å²) in [6.07, 6.45) is 0. The molecule has 2 rings (SSSR count). The van der Waals surface area contributed by atoms with E-state index in [4.69, 9.17) is 0 Å². The quantitative estimate of drug-likeness (QED) is 0.862. The number of nitrogens with zero attached hydrogens (tertiary/aromatic N) is 1. The molecule has 0 amide bonds. The molecular formula is C11H11FN2S. The Morgan fingerprint density at radius 2 is 2.33 bits per heavy atom. The van der Waals surface area contributed by atoms with Gasteiger partial charge in [-0.1, -0.05) is 6.07 Å². The minimum atomic E-state index is -0.221. The normalized spacial score (nSPS) is 10.3. The molecule has 1 aromatic carbocycles. The van der Waals surface area contributed by atoms with Crippen LogP contribution in [0.1, 0.15) is 10.6 Å². The number of aryl methyl sites for hydroxylation is 1. The molecule has 4 heteroatoms. The Hall–Kier alpha value is -1.42. The summed E-state index contributed by atoms with van der Waals surface area (Å²) in [5.74, 6) is -0.221. The van der Waals surface area contributed by atoms with Crippen LogP contribution in [0.25, 0.3) is 0 Å². The summed E-state index contributed by atoms with van der Waals surface area (Å²) in [5, 5.41) is 3.16. The third-order valence-electron chi connectivity index (χ3n) is 2.12. The predicted molar refractivity (Wildman–Crippen MR) is 60.6 cm³/mol. The third kappa shape index (κ3) is 2.53. The summed E-state index contributed by atoms with van der Waals surface area (Å²) in [4.78, 5) is 5.33. The second-order valence-corrected chi connectivity index (χ2v) is 4.16. The molecule has 15 heavy (non-hydrogen) atoms. The fourth-order valence-electron chi connectivity index (χ4n) is 1.28. The molecule has 0 atom stereocenters. The highest BCUT2D eigenvalue weighted by Gasteiger charge is 2.01. The van der Waals surface area contributed by atoms with Crippen molar-refractivity contribution in [3.8, 4) is 0 Å². The van der Waals surface area contributed by atoms with Crippen LogP contribution in [-0.2, 0) is 6.54 Å². The number of nitrogens with one attached hydrogen (secondary N) is 1. The maximum atomic E-state index is 12.9. The van der Waals surface area contributed by atoms with Crippen molar-refractivity contribution in [2.24, 2.45) is 0 Å². The van der Waals surface area contributed by atoms with E-state index in [1.165, 1.54) is 17.0 Å². The number of benzene rings is 1. The predicted octanol–water partition coefficient (Wildman–Crippen LogP) is 3.20. The largest absolute Gasteiger partial charge is 0.380 e. The van der Waals surface area contributed by atoms with E-state index in [0.717, 1.165) is 11.4 Å². The second kappa shape index (κ2) is 4.40. The summed E-state index contributed by atoms with van der Waals surface area (Å²) in [6, 6.07) is 6.45. The van der Waals surface area contributed by atoms with Crippen LogP contribution in [0.3, 0.4) is 0 Å². The molecule has 2 aromatic rings. The fourth-order valence-corrected chi connectivity index (χ4v) is 1.99. The van der Waals surface area contributed by atoms with Crippen LogP contribution < -0.4 is 5.32 Å². The van der Waals surface area contributed by atoms with Gasteiger partial charge >= 0.3 is 0 Å². The number of hydrogen-bond acceptors (Lipinski definition) is 3. The average Bonchev–Trinajstić information content (AvgIpc) is 2.61. The lowest BCUT2D eigenvalue weighted by molar-refractivity contribution is 0.628. The zero-order valence-corrected chi connectivity index (χ0v) is 9.14. The third-order valence-corrected chi connectivity index (χ3v) is 3.06. The van der Waals surface area contributed by atoms with Crippen molar-refractivity contribution in [2.45, 2.75) is 13.5 Å². The van der Waals surface area contributed by atoms with Crippen molar-refractivity contribution in [3.05, 3.63) is 46.2 Å². The second-order valence-electron chi connectivity index (χ2n) is 3.22. The van der Waals surface area contributed by atoms with Gasteiger partial charge in [-0.15, -0.1) is 11.3 Å². The Bertz CT molecular complexity index is 453. The van der Waals surface area contributed by atoms with Gasteiger partial charge in [-0.05, 0) is 25.1 Å². The van der Waals surface area contributed by atoms with E-state index in [9.17, 15) is 4.39 Å². The van der Waals surface area contributed by atoms with Crippen molar-refractivity contribution >= 4 is 17.0 Å². The molecule has 1 aromatic heterocycles. The number of thiazole rings is 1. The Kier molecular flexibility index (Phi) is 2.97. The fraction of sp³-hybridized carbons (Fsp3) is 0.182. The van der Waals surface area contributed by atoms with Gasteiger partial charge in [-0.3, -0.25) is 0 Å². The molecular weight excluding hydrogens is 211 g/mol. The van der Waals surface area contributed by atoms with Crippen molar-refractivity contribution in [3.63, 3.8) is 0 Å². The molecule has 0 aliphatic rings. The minimum Gasteiger partial charge on any atom is -0.380 e. The highest BCUT2D eigenvalue weighted by molar-refractivity contribution is 7.09. The maximum absolute atomic E-state index is 12.9.